The van der Waals surface area contributed by atoms with Gasteiger partial charge in [-0.2, -0.15) is 0 Å². The van der Waals surface area contributed by atoms with E-state index in [4.69, 9.17) is 4.42 Å². The van der Waals surface area contributed by atoms with E-state index >= 15 is 0 Å². The van der Waals surface area contributed by atoms with Crippen molar-refractivity contribution in [2.75, 3.05) is 0 Å². The summed E-state index contributed by atoms with van der Waals surface area (Å²) in [5, 5.41) is 1.06. The van der Waals surface area contributed by atoms with Crippen LogP contribution in [0.25, 0.3) is 11.0 Å². The third kappa shape index (κ3) is 2.57. The molecule has 1 aromatic heterocycles. The minimum absolute atomic E-state index is 0.410. The third-order valence-electron chi connectivity index (χ3n) is 2.65. The van der Waals surface area contributed by atoms with Gasteiger partial charge in [0.1, 0.15) is 17.6 Å². The molecule has 0 bridgehead atoms. The summed E-state index contributed by atoms with van der Waals surface area (Å²) in [5.74, 6) is 1.36. The quantitative estimate of drug-likeness (QED) is 0.702. The highest BCUT2D eigenvalue weighted by Crippen LogP contribution is 2.31. The first-order valence-electron chi connectivity index (χ1n) is 6.11. The first-order chi connectivity index (χ1) is 8.13. The van der Waals surface area contributed by atoms with Crippen LogP contribution in [0.1, 0.15) is 55.3 Å². The van der Waals surface area contributed by atoms with Gasteiger partial charge in [0.05, 0.1) is 0 Å². The average Bonchev–Trinajstić information content (AvgIpc) is 2.66. The van der Waals surface area contributed by atoms with Crippen molar-refractivity contribution in [3.05, 3.63) is 35.1 Å². The van der Waals surface area contributed by atoms with Crippen LogP contribution < -0.4 is 0 Å². The number of hydrogen-bond acceptors (Lipinski definition) is 2. The Morgan fingerprint density at radius 1 is 1.24 bits per heavy atom. The number of aldehydes is 1. The lowest BCUT2D eigenvalue weighted by molar-refractivity contribution is 0.112. The van der Waals surface area contributed by atoms with E-state index in [0.29, 0.717) is 11.5 Å². The maximum Gasteiger partial charge on any atom is 0.150 e. The van der Waals surface area contributed by atoms with E-state index < -0.39 is 0 Å². The van der Waals surface area contributed by atoms with E-state index in [2.05, 4.69) is 13.8 Å². The van der Waals surface area contributed by atoms with Crippen LogP contribution in [0.3, 0.4) is 0 Å². The zero-order valence-electron chi connectivity index (χ0n) is 11.2. The Morgan fingerprint density at radius 3 is 2.41 bits per heavy atom. The maximum absolute atomic E-state index is 10.7. The van der Waals surface area contributed by atoms with Crippen LogP contribution in [0.15, 0.2) is 22.6 Å². The minimum Gasteiger partial charge on any atom is -0.461 e. The Bertz CT molecular complexity index is 507. The van der Waals surface area contributed by atoms with Crippen molar-refractivity contribution in [2.24, 2.45) is 0 Å². The Hall–Kier alpha value is -1.57. The molecule has 0 fully saturated rings. The molecule has 2 rings (SSSR count). The van der Waals surface area contributed by atoms with Gasteiger partial charge in [-0.15, -0.1) is 0 Å². The Labute approximate surface area is 103 Å². The van der Waals surface area contributed by atoms with Crippen molar-refractivity contribution in [1.82, 2.24) is 0 Å². The minimum atomic E-state index is 0.410. The van der Waals surface area contributed by atoms with Crippen LogP contribution in [-0.2, 0) is 0 Å². The number of fused-ring (bicyclic) bond motifs is 1. The second-order valence-corrected chi connectivity index (χ2v) is 4.10. The highest BCUT2D eigenvalue weighted by molar-refractivity contribution is 5.89. The molecule has 2 heteroatoms. The molecule has 92 valence electrons. The number of carbonyl (C=O) groups excluding carboxylic acids is 1. The summed E-state index contributed by atoms with van der Waals surface area (Å²) in [5.41, 5.74) is 2.76. The van der Waals surface area contributed by atoms with E-state index in [0.717, 1.165) is 23.0 Å². The standard InChI is InChI=1S/C13H14O2.C2H6/c1-8(2)13-9(3)15-12-5-4-10(7-14)6-11(12)13;1-2/h4-8H,1-3H3;1-2H3. The highest BCUT2D eigenvalue weighted by Gasteiger charge is 2.13. The summed E-state index contributed by atoms with van der Waals surface area (Å²) < 4.78 is 5.64. The van der Waals surface area contributed by atoms with Crippen LogP contribution in [0.2, 0.25) is 0 Å². The van der Waals surface area contributed by atoms with Gasteiger partial charge in [0.2, 0.25) is 0 Å². The number of furan rings is 1. The van der Waals surface area contributed by atoms with Crippen LogP contribution >= 0.6 is 0 Å². The fourth-order valence-electron chi connectivity index (χ4n) is 2.05. The summed E-state index contributed by atoms with van der Waals surface area (Å²) in [4.78, 5) is 10.7. The molecule has 0 unspecified atom stereocenters. The summed E-state index contributed by atoms with van der Waals surface area (Å²) in [7, 11) is 0. The lowest BCUT2D eigenvalue weighted by Crippen LogP contribution is -1.88. The molecule has 2 nitrogen and oxygen atoms in total. The SMILES string of the molecule is CC.Cc1oc2ccc(C=O)cc2c1C(C)C. The number of rotatable bonds is 2. The molecule has 0 N–H and O–H groups in total. The molecule has 0 saturated carbocycles. The summed E-state index contributed by atoms with van der Waals surface area (Å²) >= 11 is 0. The molecule has 0 radical (unpaired) electrons. The monoisotopic (exact) mass is 232 g/mol. The average molecular weight is 232 g/mol. The van der Waals surface area contributed by atoms with E-state index in [1.54, 1.807) is 6.07 Å². The molecule has 0 atom stereocenters. The topological polar surface area (TPSA) is 30.2 Å². The molecule has 0 saturated heterocycles. The largest absolute Gasteiger partial charge is 0.461 e. The Balaban J connectivity index is 0.000000686. The highest BCUT2D eigenvalue weighted by atomic mass is 16.3. The second kappa shape index (κ2) is 5.67. The van der Waals surface area contributed by atoms with Crippen LogP contribution in [0, 0.1) is 6.92 Å². The predicted octanol–water partition coefficient (Wildman–Crippen LogP) is 4.70. The smallest absolute Gasteiger partial charge is 0.150 e. The normalized spacial score (nSPS) is 10.2. The van der Waals surface area contributed by atoms with E-state index in [9.17, 15) is 4.79 Å². The number of carbonyl (C=O) groups is 1. The molecule has 0 spiro atoms. The lowest BCUT2D eigenvalue weighted by atomic mass is 9.99. The maximum atomic E-state index is 10.7. The van der Waals surface area contributed by atoms with Gasteiger partial charge in [0.25, 0.3) is 0 Å². The molecule has 17 heavy (non-hydrogen) atoms. The van der Waals surface area contributed by atoms with Crippen molar-refractivity contribution >= 4 is 17.3 Å². The second-order valence-electron chi connectivity index (χ2n) is 4.10. The van der Waals surface area contributed by atoms with Crippen molar-refractivity contribution in [3.63, 3.8) is 0 Å². The van der Waals surface area contributed by atoms with Gasteiger partial charge < -0.3 is 4.42 Å². The summed E-state index contributed by atoms with van der Waals surface area (Å²) in [6, 6.07) is 5.54. The van der Waals surface area contributed by atoms with Gasteiger partial charge in [-0.05, 0) is 31.0 Å². The van der Waals surface area contributed by atoms with Gasteiger partial charge in [0, 0.05) is 16.5 Å². The molecule has 0 aliphatic heterocycles. The van der Waals surface area contributed by atoms with Gasteiger partial charge in [-0.3, -0.25) is 4.79 Å². The molecule has 1 aromatic carbocycles. The third-order valence-corrected chi connectivity index (χ3v) is 2.65. The van der Waals surface area contributed by atoms with Crippen molar-refractivity contribution in [3.8, 4) is 0 Å². The van der Waals surface area contributed by atoms with E-state index in [-0.39, 0.29) is 0 Å². The van der Waals surface area contributed by atoms with E-state index in [1.807, 2.05) is 32.9 Å². The molecule has 2 aromatic rings. The summed E-state index contributed by atoms with van der Waals surface area (Å²) in [6.45, 7) is 10.2. The predicted molar refractivity (Wildman–Crippen MR) is 71.8 cm³/mol. The van der Waals surface area contributed by atoms with Gasteiger partial charge >= 0.3 is 0 Å². The molecular weight excluding hydrogens is 212 g/mol. The molecular formula is C15H20O2. The van der Waals surface area contributed by atoms with Gasteiger partial charge in [0.15, 0.2) is 0 Å². The fraction of sp³-hybridized carbons (Fsp3) is 0.400. The lowest BCUT2D eigenvalue weighted by Gasteiger charge is -2.03. The Morgan fingerprint density at radius 2 is 1.88 bits per heavy atom. The van der Waals surface area contributed by atoms with Crippen molar-refractivity contribution in [2.45, 2.75) is 40.5 Å². The molecule has 0 aliphatic carbocycles. The zero-order valence-corrected chi connectivity index (χ0v) is 11.2. The number of benzene rings is 1. The number of hydrogen-bond donors (Lipinski definition) is 0. The zero-order chi connectivity index (χ0) is 13.0. The van der Waals surface area contributed by atoms with Crippen LogP contribution in [0.5, 0.6) is 0 Å². The van der Waals surface area contributed by atoms with Gasteiger partial charge in [-0.1, -0.05) is 27.7 Å². The molecule has 1 heterocycles. The molecule has 0 aliphatic rings. The van der Waals surface area contributed by atoms with Crippen molar-refractivity contribution < 1.29 is 9.21 Å². The fourth-order valence-corrected chi connectivity index (χ4v) is 2.05. The first-order valence-corrected chi connectivity index (χ1v) is 6.11. The van der Waals surface area contributed by atoms with Gasteiger partial charge in [-0.25, -0.2) is 0 Å². The van der Waals surface area contributed by atoms with Crippen LogP contribution in [-0.4, -0.2) is 6.29 Å². The summed E-state index contributed by atoms with van der Waals surface area (Å²) in [6.07, 6.45) is 0.867. The van der Waals surface area contributed by atoms with Crippen molar-refractivity contribution in [1.29, 1.82) is 0 Å². The number of aryl methyl sites for hydroxylation is 1. The Kier molecular flexibility index (Phi) is 4.50. The first kappa shape index (κ1) is 13.5. The molecule has 0 amide bonds. The van der Waals surface area contributed by atoms with E-state index in [1.165, 1.54) is 5.56 Å². The van der Waals surface area contributed by atoms with Crippen LogP contribution in [0.4, 0.5) is 0 Å².